The van der Waals surface area contributed by atoms with Crippen LogP contribution in [0.4, 0.5) is 5.82 Å². The van der Waals surface area contributed by atoms with Gasteiger partial charge < -0.3 is 10.6 Å². The van der Waals surface area contributed by atoms with Crippen LogP contribution in [0.3, 0.4) is 0 Å². The molecule has 1 aromatic carbocycles. The number of hydrogen-bond acceptors (Lipinski definition) is 7. The molecule has 0 aliphatic carbocycles. The molecule has 1 aliphatic rings. The van der Waals surface area contributed by atoms with Crippen LogP contribution in [0.1, 0.15) is 28.9 Å². The molecule has 3 heterocycles. The Kier molecular flexibility index (Phi) is 5.59. The molecule has 0 bridgehead atoms. The summed E-state index contributed by atoms with van der Waals surface area (Å²) in [6, 6.07) is 11.4. The van der Waals surface area contributed by atoms with Crippen molar-refractivity contribution in [3.63, 3.8) is 0 Å². The van der Waals surface area contributed by atoms with Crippen molar-refractivity contribution >= 4 is 39.3 Å². The zero-order valence-corrected chi connectivity index (χ0v) is 16.1. The molecule has 144 valence electrons. The average Bonchev–Trinajstić information content (AvgIpc) is 3.39. The molecule has 1 saturated heterocycles. The van der Waals surface area contributed by atoms with Crippen LogP contribution in [0.15, 0.2) is 42.6 Å². The third-order valence-electron chi connectivity index (χ3n) is 4.78. The van der Waals surface area contributed by atoms with Crippen LogP contribution in [0.5, 0.6) is 0 Å². The van der Waals surface area contributed by atoms with E-state index >= 15 is 0 Å². The highest BCUT2D eigenvalue weighted by atomic mass is 32.1. The molecule has 2 amide bonds. The molecule has 0 radical (unpaired) electrons. The van der Waals surface area contributed by atoms with Gasteiger partial charge in [-0.3, -0.25) is 19.9 Å². The van der Waals surface area contributed by atoms with Gasteiger partial charge in [0.2, 0.25) is 5.91 Å². The van der Waals surface area contributed by atoms with Gasteiger partial charge in [0.1, 0.15) is 11.5 Å². The largest absolute Gasteiger partial charge is 0.368 e. The number of nitrogens with zero attached hydrogens (tertiary/aromatic N) is 2. The molecule has 1 atom stereocenters. The molecule has 1 unspecified atom stereocenters. The van der Waals surface area contributed by atoms with E-state index in [1.165, 1.54) is 11.5 Å². The molecule has 2 aromatic heterocycles. The van der Waals surface area contributed by atoms with Crippen molar-refractivity contribution in [1.82, 2.24) is 20.0 Å². The number of imide groups is 1. The molecule has 1 aliphatic heterocycles. The van der Waals surface area contributed by atoms with Gasteiger partial charge in [-0.25, -0.2) is 0 Å². The standard InChI is InChI=1S/C20H21N5O2S/c26-19(15-7-4-10-21-15)24-20(27)17-13(5-3-11-22-17)9-12-23-18-14-6-1-2-8-16(14)28-25-18/h1-3,5-6,8,11,15,21H,4,7,9-10,12H2,(H,23,25)(H,24,26,27). The first-order valence-electron chi connectivity index (χ1n) is 9.33. The Labute approximate surface area is 166 Å². The average molecular weight is 395 g/mol. The second-order valence-corrected chi connectivity index (χ2v) is 7.49. The maximum absolute atomic E-state index is 12.5. The fraction of sp³-hybridized carbons (Fsp3) is 0.300. The number of benzene rings is 1. The Bertz CT molecular complexity index is 997. The van der Waals surface area contributed by atoms with Crippen molar-refractivity contribution < 1.29 is 9.59 Å². The van der Waals surface area contributed by atoms with Gasteiger partial charge in [-0.1, -0.05) is 18.2 Å². The number of pyridine rings is 1. The number of carbonyl (C=O) groups excluding carboxylic acids is 2. The van der Waals surface area contributed by atoms with E-state index in [4.69, 9.17) is 0 Å². The first-order valence-corrected chi connectivity index (χ1v) is 10.1. The number of carbonyl (C=O) groups is 2. The summed E-state index contributed by atoms with van der Waals surface area (Å²) >= 11 is 1.45. The molecule has 0 spiro atoms. The van der Waals surface area contributed by atoms with E-state index in [0.29, 0.717) is 18.7 Å². The zero-order valence-electron chi connectivity index (χ0n) is 15.3. The van der Waals surface area contributed by atoms with Crippen LogP contribution in [-0.4, -0.2) is 40.3 Å². The lowest BCUT2D eigenvalue weighted by atomic mass is 10.1. The minimum absolute atomic E-state index is 0.286. The van der Waals surface area contributed by atoms with E-state index in [-0.39, 0.29) is 11.9 Å². The van der Waals surface area contributed by atoms with E-state index in [2.05, 4.69) is 25.3 Å². The van der Waals surface area contributed by atoms with Gasteiger partial charge in [-0.2, -0.15) is 4.37 Å². The van der Waals surface area contributed by atoms with E-state index in [9.17, 15) is 9.59 Å². The highest BCUT2D eigenvalue weighted by Crippen LogP contribution is 2.26. The number of hydrogen-bond donors (Lipinski definition) is 3. The summed E-state index contributed by atoms with van der Waals surface area (Å²) < 4.78 is 5.58. The Morgan fingerprint density at radius 2 is 2.11 bits per heavy atom. The van der Waals surface area contributed by atoms with Gasteiger partial charge in [0.15, 0.2) is 0 Å². The topological polar surface area (TPSA) is 96.0 Å². The summed E-state index contributed by atoms with van der Waals surface area (Å²) in [6.07, 6.45) is 3.86. The summed E-state index contributed by atoms with van der Waals surface area (Å²) in [4.78, 5) is 28.9. The van der Waals surface area contributed by atoms with E-state index in [1.807, 2.05) is 30.3 Å². The molecule has 28 heavy (non-hydrogen) atoms. The van der Waals surface area contributed by atoms with Crippen molar-refractivity contribution in [1.29, 1.82) is 0 Å². The summed E-state index contributed by atoms with van der Waals surface area (Å²) in [5.74, 6) is 0.109. The van der Waals surface area contributed by atoms with Gasteiger partial charge in [0.05, 0.1) is 10.7 Å². The summed E-state index contributed by atoms with van der Waals surface area (Å²) in [7, 11) is 0. The van der Waals surface area contributed by atoms with Crippen molar-refractivity contribution in [3.05, 3.63) is 53.9 Å². The van der Waals surface area contributed by atoms with Gasteiger partial charge in [-0.15, -0.1) is 0 Å². The van der Waals surface area contributed by atoms with Gasteiger partial charge in [-0.05, 0) is 61.1 Å². The maximum Gasteiger partial charge on any atom is 0.276 e. The predicted octanol–water partition coefficient (Wildman–Crippen LogP) is 2.35. The Balaban J connectivity index is 1.39. The van der Waals surface area contributed by atoms with E-state index in [1.54, 1.807) is 12.3 Å². The monoisotopic (exact) mass is 395 g/mol. The highest BCUT2D eigenvalue weighted by Gasteiger charge is 2.25. The molecule has 0 saturated carbocycles. The maximum atomic E-state index is 12.5. The summed E-state index contributed by atoms with van der Waals surface area (Å²) in [5, 5.41) is 9.98. The van der Waals surface area contributed by atoms with Gasteiger partial charge in [0, 0.05) is 18.1 Å². The Morgan fingerprint density at radius 1 is 1.21 bits per heavy atom. The zero-order chi connectivity index (χ0) is 19.3. The van der Waals surface area contributed by atoms with E-state index < -0.39 is 5.91 Å². The van der Waals surface area contributed by atoms with Crippen molar-refractivity contribution in [2.75, 3.05) is 18.4 Å². The van der Waals surface area contributed by atoms with E-state index in [0.717, 1.165) is 40.9 Å². The van der Waals surface area contributed by atoms with Crippen LogP contribution < -0.4 is 16.0 Å². The number of amides is 2. The second-order valence-electron chi connectivity index (χ2n) is 6.68. The number of rotatable bonds is 6. The molecule has 3 aromatic rings. The molecular formula is C20H21N5O2S. The first kappa shape index (κ1) is 18.5. The number of fused-ring (bicyclic) bond motifs is 1. The van der Waals surface area contributed by atoms with Crippen LogP contribution in [0.2, 0.25) is 0 Å². The summed E-state index contributed by atoms with van der Waals surface area (Å²) in [6.45, 7) is 1.41. The highest BCUT2D eigenvalue weighted by molar-refractivity contribution is 7.13. The predicted molar refractivity (Wildman–Crippen MR) is 110 cm³/mol. The Morgan fingerprint density at radius 3 is 2.96 bits per heavy atom. The number of nitrogens with one attached hydrogen (secondary N) is 3. The molecule has 7 nitrogen and oxygen atoms in total. The van der Waals surface area contributed by atoms with Gasteiger partial charge in [0.25, 0.3) is 5.91 Å². The number of anilines is 1. The quantitative estimate of drug-likeness (QED) is 0.555. The molecule has 1 fully saturated rings. The lowest BCUT2D eigenvalue weighted by molar-refractivity contribution is -0.121. The molecular weight excluding hydrogens is 374 g/mol. The third kappa shape index (κ3) is 4.02. The van der Waals surface area contributed by atoms with Crippen LogP contribution in [0.25, 0.3) is 10.1 Å². The Hall–Kier alpha value is -2.84. The second kappa shape index (κ2) is 8.45. The van der Waals surface area contributed by atoms with Crippen LogP contribution in [0, 0.1) is 0 Å². The molecule has 8 heteroatoms. The fourth-order valence-electron chi connectivity index (χ4n) is 3.34. The lowest BCUT2D eigenvalue weighted by Gasteiger charge is -2.12. The van der Waals surface area contributed by atoms with Crippen LogP contribution in [-0.2, 0) is 11.2 Å². The normalized spacial score (nSPS) is 16.2. The molecule has 4 rings (SSSR count). The lowest BCUT2D eigenvalue weighted by Crippen LogP contribution is -2.43. The van der Waals surface area contributed by atoms with Crippen molar-refractivity contribution in [3.8, 4) is 0 Å². The number of aromatic nitrogens is 2. The minimum Gasteiger partial charge on any atom is -0.368 e. The smallest absolute Gasteiger partial charge is 0.276 e. The van der Waals surface area contributed by atoms with Gasteiger partial charge >= 0.3 is 0 Å². The molecule has 3 N–H and O–H groups in total. The third-order valence-corrected chi connectivity index (χ3v) is 5.61. The summed E-state index contributed by atoms with van der Waals surface area (Å²) in [5.41, 5.74) is 1.08. The van der Waals surface area contributed by atoms with Crippen molar-refractivity contribution in [2.24, 2.45) is 0 Å². The van der Waals surface area contributed by atoms with Crippen molar-refractivity contribution in [2.45, 2.75) is 25.3 Å². The van der Waals surface area contributed by atoms with Crippen LogP contribution >= 0.6 is 11.5 Å². The minimum atomic E-state index is -0.451. The SMILES string of the molecule is O=C(NC(=O)C1CCCN1)c1ncccc1CCNc1nsc2ccccc12. The fourth-order valence-corrected chi connectivity index (χ4v) is 4.10. The first-order chi connectivity index (χ1) is 13.7.